The number of ether oxygens (including phenoxy) is 1. The largest absolute Gasteiger partial charge is 0.485 e. The average molecular weight is 501 g/mol. The number of hydrogen-bond acceptors (Lipinski definition) is 6. The number of aryl methyl sites for hydroxylation is 1. The standard InChI is InChI=1S/C28H29FN6O2/c1-18-6-7-20-22(32-18)4-3-5-23(20)34-14-12-33(13-15-34)11-10-19-21(29)8-9-24-27(19)37-16-25-26(28(36)30-2)31-17-35(24)25/h3-9,17H,10-16H2,1-2H3,(H,30,36). The van der Waals surface area contributed by atoms with E-state index in [2.05, 4.69) is 55.4 Å². The second-order valence-corrected chi connectivity index (χ2v) is 9.53. The van der Waals surface area contributed by atoms with Crippen LogP contribution in [0.5, 0.6) is 5.75 Å². The summed E-state index contributed by atoms with van der Waals surface area (Å²) in [6.45, 7) is 6.52. The topological polar surface area (TPSA) is 75.5 Å². The molecule has 2 aliphatic heterocycles. The average Bonchev–Trinajstić information content (AvgIpc) is 3.36. The number of rotatable bonds is 5. The first-order valence-corrected chi connectivity index (χ1v) is 12.6. The van der Waals surface area contributed by atoms with Crippen molar-refractivity contribution in [3.05, 3.63) is 77.3 Å². The van der Waals surface area contributed by atoms with E-state index in [-0.39, 0.29) is 18.3 Å². The normalized spacial score (nSPS) is 15.3. The number of nitrogens with zero attached hydrogens (tertiary/aromatic N) is 5. The molecule has 4 aromatic rings. The van der Waals surface area contributed by atoms with Crippen molar-refractivity contribution < 1.29 is 13.9 Å². The van der Waals surface area contributed by atoms with Gasteiger partial charge in [0.25, 0.3) is 5.91 Å². The Bertz CT molecular complexity index is 1490. The quantitative estimate of drug-likeness (QED) is 0.452. The first-order chi connectivity index (χ1) is 18.0. The van der Waals surface area contributed by atoms with Gasteiger partial charge < -0.3 is 15.0 Å². The molecule has 2 aromatic heterocycles. The number of anilines is 1. The van der Waals surface area contributed by atoms with E-state index in [9.17, 15) is 9.18 Å². The SMILES string of the molecule is CNC(=O)c1ncn2c1COc1c-2ccc(F)c1CCN1CCN(c2cccc3nc(C)ccc23)CC1. The fourth-order valence-electron chi connectivity index (χ4n) is 5.34. The molecule has 0 unspecified atom stereocenters. The number of pyridine rings is 1. The molecule has 0 bridgehead atoms. The van der Waals surface area contributed by atoms with E-state index in [1.807, 2.05) is 11.5 Å². The fourth-order valence-corrected chi connectivity index (χ4v) is 5.34. The summed E-state index contributed by atoms with van der Waals surface area (Å²) in [5.41, 5.74) is 5.53. The minimum Gasteiger partial charge on any atom is -0.485 e. The van der Waals surface area contributed by atoms with E-state index in [0.29, 0.717) is 34.8 Å². The van der Waals surface area contributed by atoms with Gasteiger partial charge in [-0.25, -0.2) is 9.37 Å². The smallest absolute Gasteiger partial charge is 0.271 e. The molecule has 2 aliphatic rings. The number of hydrogen-bond donors (Lipinski definition) is 1. The van der Waals surface area contributed by atoms with Gasteiger partial charge in [-0.15, -0.1) is 0 Å². The molecule has 0 atom stereocenters. The molecule has 1 fully saturated rings. The summed E-state index contributed by atoms with van der Waals surface area (Å²) in [4.78, 5) is 25.8. The minimum absolute atomic E-state index is 0.171. The Labute approximate surface area is 214 Å². The number of benzene rings is 2. The Kier molecular flexibility index (Phi) is 6.00. The van der Waals surface area contributed by atoms with E-state index in [1.165, 1.54) is 17.1 Å². The molecule has 1 N–H and O–H groups in total. The van der Waals surface area contributed by atoms with E-state index in [4.69, 9.17) is 4.74 Å². The van der Waals surface area contributed by atoms with E-state index in [0.717, 1.165) is 43.9 Å². The number of carbonyl (C=O) groups excluding carboxylic acids is 1. The molecule has 1 amide bonds. The molecule has 2 aromatic carbocycles. The molecule has 9 heteroatoms. The molecule has 0 radical (unpaired) electrons. The van der Waals surface area contributed by atoms with Crippen molar-refractivity contribution in [2.45, 2.75) is 20.0 Å². The number of nitrogens with one attached hydrogen (secondary N) is 1. The molecular weight excluding hydrogens is 471 g/mol. The molecule has 8 nitrogen and oxygen atoms in total. The van der Waals surface area contributed by atoms with Crippen LogP contribution in [0.15, 0.2) is 48.8 Å². The zero-order valence-electron chi connectivity index (χ0n) is 21.0. The number of halogens is 1. The Morgan fingerprint density at radius 3 is 2.73 bits per heavy atom. The summed E-state index contributed by atoms with van der Waals surface area (Å²) in [7, 11) is 1.57. The van der Waals surface area contributed by atoms with Crippen LogP contribution in [-0.2, 0) is 13.0 Å². The van der Waals surface area contributed by atoms with E-state index < -0.39 is 0 Å². The van der Waals surface area contributed by atoms with Gasteiger partial charge in [0.15, 0.2) is 5.69 Å². The van der Waals surface area contributed by atoms with Crippen LogP contribution < -0.4 is 15.0 Å². The second-order valence-electron chi connectivity index (χ2n) is 9.53. The maximum Gasteiger partial charge on any atom is 0.271 e. The predicted molar refractivity (Wildman–Crippen MR) is 140 cm³/mol. The molecule has 0 saturated carbocycles. The molecule has 4 heterocycles. The van der Waals surface area contributed by atoms with Crippen molar-refractivity contribution >= 4 is 22.5 Å². The Hall–Kier alpha value is -3.98. The van der Waals surface area contributed by atoms with Crippen molar-refractivity contribution in [3.63, 3.8) is 0 Å². The van der Waals surface area contributed by atoms with Crippen molar-refractivity contribution in [2.24, 2.45) is 0 Å². The summed E-state index contributed by atoms with van der Waals surface area (Å²) >= 11 is 0. The lowest BCUT2D eigenvalue weighted by molar-refractivity contribution is 0.0955. The third-order valence-corrected chi connectivity index (χ3v) is 7.34. The third kappa shape index (κ3) is 4.19. The molecule has 0 spiro atoms. The van der Waals surface area contributed by atoms with Gasteiger partial charge >= 0.3 is 0 Å². The maximum absolute atomic E-state index is 15.0. The highest BCUT2D eigenvalue weighted by molar-refractivity contribution is 5.93. The third-order valence-electron chi connectivity index (χ3n) is 7.34. The fraction of sp³-hybridized carbons (Fsp3) is 0.321. The van der Waals surface area contributed by atoms with Crippen LogP contribution in [0.1, 0.15) is 27.4 Å². The number of amides is 1. The van der Waals surface area contributed by atoms with Crippen LogP contribution in [0.2, 0.25) is 0 Å². The van der Waals surface area contributed by atoms with Crippen molar-refractivity contribution in [1.82, 2.24) is 24.8 Å². The first kappa shape index (κ1) is 23.4. The van der Waals surface area contributed by atoms with Gasteiger partial charge in [-0.3, -0.25) is 19.2 Å². The van der Waals surface area contributed by atoms with Gasteiger partial charge in [-0.2, -0.15) is 0 Å². The lowest BCUT2D eigenvalue weighted by atomic mass is 10.1. The van der Waals surface area contributed by atoms with Crippen molar-refractivity contribution in [2.75, 3.05) is 44.7 Å². The van der Waals surface area contributed by atoms with Crippen LogP contribution in [0.25, 0.3) is 16.6 Å². The molecule has 1 saturated heterocycles. The zero-order chi connectivity index (χ0) is 25.5. The number of carbonyl (C=O) groups is 1. The zero-order valence-corrected chi connectivity index (χ0v) is 21.0. The van der Waals surface area contributed by atoms with Crippen LogP contribution in [0.3, 0.4) is 0 Å². The number of piperazine rings is 1. The predicted octanol–water partition coefficient (Wildman–Crippen LogP) is 3.48. The van der Waals surface area contributed by atoms with Crippen molar-refractivity contribution in [1.29, 1.82) is 0 Å². The van der Waals surface area contributed by atoms with E-state index >= 15 is 0 Å². The highest BCUT2D eigenvalue weighted by atomic mass is 19.1. The van der Waals surface area contributed by atoms with Gasteiger partial charge in [0.2, 0.25) is 0 Å². The first-order valence-electron chi connectivity index (χ1n) is 12.6. The Balaban J connectivity index is 1.15. The van der Waals surface area contributed by atoms with Gasteiger partial charge in [0.05, 0.1) is 16.9 Å². The van der Waals surface area contributed by atoms with Crippen LogP contribution >= 0.6 is 0 Å². The van der Waals surface area contributed by atoms with Crippen LogP contribution in [-0.4, -0.2) is 65.1 Å². The van der Waals surface area contributed by atoms with Crippen LogP contribution in [0, 0.1) is 12.7 Å². The van der Waals surface area contributed by atoms with Gasteiger partial charge in [0, 0.05) is 62.1 Å². The van der Waals surface area contributed by atoms with Gasteiger partial charge in [-0.1, -0.05) is 6.07 Å². The lowest BCUT2D eigenvalue weighted by Crippen LogP contribution is -2.47. The lowest BCUT2D eigenvalue weighted by Gasteiger charge is -2.36. The monoisotopic (exact) mass is 500 g/mol. The summed E-state index contributed by atoms with van der Waals surface area (Å²) in [5, 5.41) is 3.78. The van der Waals surface area contributed by atoms with Crippen molar-refractivity contribution in [3.8, 4) is 11.4 Å². The highest BCUT2D eigenvalue weighted by Crippen LogP contribution is 2.36. The minimum atomic E-state index is -0.272. The number of fused-ring (bicyclic) bond motifs is 4. The van der Waals surface area contributed by atoms with Crippen LogP contribution in [0.4, 0.5) is 10.1 Å². The van der Waals surface area contributed by atoms with Gasteiger partial charge in [0.1, 0.15) is 24.5 Å². The second kappa shape index (κ2) is 9.48. The number of aromatic nitrogens is 3. The maximum atomic E-state index is 15.0. The molecule has 6 rings (SSSR count). The summed E-state index contributed by atoms with van der Waals surface area (Å²) in [6.07, 6.45) is 2.14. The summed E-state index contributed by atoms with van der Waals surface area (Å²) < 4.78 is 22.8. The Morgan fingerprint density at radius 2 is 1.92 bits per heavy atom. The number of imidazole rings is 1. The Morgan fingerprint density at radius 1 is 1.08 bits per heavy atom. The highest BCUT2D eigenvalue weighted by Gasteiger charge is 2.28. The summed E-state index contributed by atoms with van der Waals surface area (Å²) in [5.74, 6) is -0.00581. The molecular formula is C28H29FN6O2. The molecule has 190 valence electrons. The van der Waals surface area contributed by atoms with E-state index in [1.54, 1.807) is 19.4 Å². The molecule has 37 heavy (non-hydrogen) atoms. The molecule has 0 aliphatic carbocycles. The van der Waals surface area contributed by atoms with Gasteiger partial charge in [-0.05, 0) is 49.7 Å². The summed E-state index contributed by atoms with van der Waals surface area (Å²) in [6, 6.07) is 13.7.